The molecule has 0 unspecified atom stereocenters. The fourth-order valence-corrected chi connectivity index (χ4v) is 5.01. The first-order valence-electron chi connectivity index (χ1n) is 9.40. The fraction of sp³-hybridized carbons (Fsp3) is 0.400. The van der Waals surface area contributed by atoms with Crippen molar-refractivity contribution in [3.63, 3.8) is 0 Å². The standard InChI is InChI=1S/C20H24N4O4S/c1-11-6-9-16(27-5)15(10-11)23-29(25,26)18-13(3)24(4)12(2)17(18)20-22-21-19(28-20)14-7-8-14/h6,9-10,14,23H,7-8H2,1-5H3. The number of methoxy groups -OCH3 is 1. The van der Waals surface area contributed by atoms with E-state index in [2.05, 4.69) is 14.9 Å². The van der Waals surface area contributed by atoms with Crippen molar-refractivity contribution in [2.45, 2.75) is 44.4 Å². The first-order chi connectivity index (χ1) is 13.7. The van der Waals surface area contributed by atoms with Crippen LogP contribution in [0.2, 0.25) is 0 Å². The van der Waals surface area contributed by atoms with E-state index in [4.69, 9.17) is 9.15 Å². The summed E-state index contributed by atoms with van der Waals surface area (Å²) in [5, 5.41) is 8.26. The number of hydrogen-bond donors (Lipinski definition) is 1. The molecule has 1 aliphatic rings. The molecule has 1 saturated carbocycles. The number of anilines is 1. The molecular weight excluding hydrogens is 392 g/mol. The number of nitrogens with one attached hydrogen (secondary N) is 1. The molecule has 1 fully saturated rings. The SMILES string of the molecule is COc1ccc(C)cc1NS(=O)(=O)c1c(-c2nnc(C3CC3)o2)c(C)n(C)c1C. The Bertz CT molecular complexity index is 1190. The molecule has 2 aromatic heterocycles. The molecule has 1 aromatic carbocycles. The van der Waals surface area contributed by atoms with E-state index in [1.165, 1.54) is 7.11 Å². The van der Waals surface area contributed by atoms with Crippen LogP contribution in [0.4, 0.5) is 5.69 Å². The summed E-state index contributed by atoms with van der Waals surface area (Å²) in [5.41, 5.74) is 3.05. The maximum atomic E-state index is 13.4. The largest absolute Gasteiger partial charge is 0.495 e. The summed E-state index contributed by atoms with van der Waals surface area (Å²) in [5.74, 6) is 1.53. The van der Waals surface area contributed by atoms with Crippen LogP contribution in [0.15, 0.2) is 27.5 Å². The molecule has 2 heterocycles. The van der Waals surface area contributed by atoms with E-state index >= 15 is 0 Å². The zero-order valence-corrected chi connectivity index (χ0v) is 17.9. The number of benzene rings is 1. The number of nitrogens with zero attached hydrogens (tertiary/aromatic N) is 3. The Morgan fingerprint density at radius 3 is 2.55 bits per heavy atom. The summed E-state index contributed by atoms with van der Waals surface area (Å²) in [4.78, 5) is 0.132. The lowest BCUT2D eigenvalue weighted by molar-refractivity contribution is 0.417. The van der Waals surface area contributed by atoms with Crippen LogP contribution in [-0.2, 0) is 17.1 Å². The van der Waals surface area contributed by atoms with Crippen molar-refractivity contribution in [3.8, 4) is 17.2 Å². The molecule has 1 N–H and O–H groups in total. The van der Waals surface area contributed by atoms with Gasteiger partial charge in [0.1, 0.15) is 10.6 Å². The lowest BCUT2D eigenvalue weighted by Gasteiger charge is -2.13. The van der Waals surface area contributed by atoms with Crippen molar-refractivity contribution in [1.82, 2.24) is 14.8 Å². The van der Waals surface area contributed by atoms with Gasteiger partial charge in [-0.2, -0.15) is 0 Å². The highest BCUT2D eigenvalue weighted by Crippen LogP contribution is 2.42. The topological polar surface area (TPSA) is 99.2 Å². The molecule has 9 heteroatoms. The van der Waals surface area contributed by atoms with Crippen molar-refractivity contribution in [2.75, 3.05) is 11.8 Å². The number of aromatic nitrogens is 3. The maximum absolute atomic E-state index is 13.4. The van der Waals surface area contributed by atoms with E-state index in [0.29, 0.717) is 28.6 Å². The Morgan fingerprint density at radius 2 is 1.90 bits per heavy atom. The zero-order chi connectivity index (χ0) is 20.9. The molecule has 154 valence electrons. The molecule has 0 atom stereocenters. The zero-order valence-electron chi connectivity index (χ0n) is 17.1. The van der Waals surface area contributed by atoms with Crippen LogP contribution < -0.4 is 9.46 Å². The highest BCUT2D eigenvalue weighted by Gasteiger charge is 2.34. The smallest absolute Gasteiger partial charge is 0.264 e. The van der Waals surface area contributed by atoms with Crippen molar-refractivity contribution in [2.24, 2.45) is 7.05 Å². The lowest BCUT2D eigenvalue weighted by Crippen LogP contribution is -2.15. The number of rotatable bonds is 6. The highest BCUT2D eigenvalue weighted by atomic mass is 32.2. The van der Waals surface area contributed by atoms with Crippen LogP contribution in [0.3, 0.4) is 0 Å². The van der Waals surface area contributed by atoms with Gasteiger partial charge in [0.15, 0.2) is 0 Å². The van der Waals surface area contributed by atoms with Crippen LogP contribution >= 0.6 is 0 Å². The van der Waals surface area contributed by atoms with Crippen LogP contribution in [0.25, 0.3) is 11.5 Å². The molecule has 0 saturated heterocycles. The number of ether oxygens (including phenoxy) is 1. The van der Waals surface area contributed by atoms with Crippen LogP contribution in [0.5, 0.6) is 5.75 Å². The molecule has 3 aromatic rings. The number of aryl methyl sites for hydroxylation is 1. The summed E-state index contributed by atoms with van der Waals surface area (Å²) < 4.78 is 42.5. The van der Waals surface area contributed by atoms with E-state index in [1.807, 2.05) is 31.5 Å². The van der Waals surface area contributed by atoms with Crippen molar-refractivity contribution < 1.29 is 17.6 Å². The second-order valence-corrected chi connectivity index (χ2v) is 9.08. The van der Waals surface area contributed by atoms with Gasteiger partial charge in [0.05, 0.1) is 18.4 Å². The normalized spacial score (nSPS) is 14.2. The van der Waals surface area contributed by atoms with Crippen LogP contribution in [0.1, 0.15) is 41.6 Å². The predicted octanol–water partition coefficient (Wildman–Crippen LogP) is 3.69. The third kappa shape index (κ3) is 3.39. The Balaban J connectivity index is 1.83. The van der Waals surface area contributed by atoms with E-state index in [1.54, 1.807) is 19.1 Å². The van der Waals surface area contributed by atoms with Crippen molar-refractivity contribution >= 4 is 15.7 Å². The average Bonchev–Trinajstić information content (AvgIpc) is 3.36. The summed E-state index contributed by atoms with van der Waals surface area (Å²) in [6.07, 6.45) is 2.04. The Labute approximate surface area is 170 Å². The van der Waals surface area contributed by atoms with E-state index < -0.39 is 10.0 Å². The molecule has 0 radical (unpaired) electrons. The van der Waals surface area contributed by atoms with Gasteiger partial charge in [-0.05, 0) is 51.3 Å². The van der Waals surface area contributed by atoms with E-state index in [-0.39, 0.29) is 16.7 Å². The van der Waals surface area contributed by atoms with Gasteiger partial charge in [-0.1, -0.05) is 6.07 Å². The average molecular weight is 417 g/mol. The van der Waals surface area contributed by atoms with Gasteiger partial charge in [-0.15, -0.1) is 10.2 Å². The summed E-state index contributed by atoms with van der Waals surface area (Å²) in [7, 11) is -0.626. The number of hydrogen-bond acceptors (Lipinski definition) is 6. The molecule has 0 spiro atoms. The van der Waals surface area contributed by atoms with Gasteiger partial charge < -0.3 is 13.7 Å². The van der Waals surface area contributed by atoms with Crippen molar-refractivity contribution in [1.29, 1.82) is 0 Å². The summed E-state index contributed by atoms with van der Waals surface area (Å²) in [6.45, 7) is 5.49. The third-order valence-corrected chi connectivity index (χ3v) is 6.90. The van der Waals surface area contributed by atoms with Crippen LogP contribution in [-0.4, -0.2) is 30.3 Å². The summed E-state index contributed by atoms with van der Waals surface area (Å²) >= 11 is 0. The van der Waals surface area contributed by atoms with E-state index in [9.17, 15) is 8.42 Å². The van der Waals surface area contributed by atoms with E-state index in [0.717, 1.165) is 24.1 Å². The Hall–Kier alpha value is -2.81. The lowest BCUT2D eigenvalue weighted by atomic mass is 10.2. The number of sulfonamides is 1. The molecule has 0 aliphatic heterocycles. The van der Waals surface area contributed by atoms with Gasteiger partial charge in [0.25, 0.3) is 15.9 Å². The van der Waals surface area contributed by atoms with Crippen LogP contribution in [0, 0.1) is 20.8 Å². The quantitative estimate of drug-likeness (QED) is 0.658. The molecule has 0 amide bonds. The minimum Gasteiger partial charge on any atom is -0.495 e. The minimum absolute atomic E-state index is 0.132. The Kier molecular flexibility index (Phi) is 4.65. The van der Waals surface area contributed by atoms with Gasteiger partial charge >= 0.3 is 0 Å². The van der Waals surface area contributed by atoms with Gasteiger partial charge in [0, 0.05) is 24.4 Å². The van der Waals surface area contributed by atoms with Gasteiger partial charge in [-0.25, -0.2) is 8.42 Å². The molecular formula is C20H24N4O4S. The molecule has 4 rings (SSSR count). The second kappa shape index (κ2) is 6.91. The molecule has 29 heavy (non-hydrogen) atoms. The third-order valence-electron chi connectivity index (χ3n) is 5.37. The minimum atomic E-state index is -3.95. The second-order valence-electron chi connectivity index (χ2n) is 7.46. The first kappa shape index (κ1) is 19.5. The first-order valence-corrected chi connectivity index (χ1v) is 10.9. The molecule has 0 bridgehead atoms. The predicted molar refractivity (Wildman–Crippen MR) is 109 cm³/mol. The van der Waals surface area contributed by atoms with Crippen molar-refractivity contribution in [3.05, 3.63) is 41.0 Å². The van der Waals surface area contributed by atoms with Gasteiger partial charge in [-0.3, -0.25) is 4.72 Å². The molecule has 1 aliphatic carbocycles. The summed E-state index contributed by atoms with van der Waals surface area (Å²) in [6, 6.07) is 5.33. The highest BCUT2D eigenvalue weighted by molar-refractivity contribution is 7.93. The Morgan fingerprint density at radius 1 is 1.17 bits per heavy atom. The molecule has 8 nitrogen and oxygen atoms in total. The maximum Gasteiger partial charge on any atom is 0.264 e. The fourth-order valence-electron chi connectivity index (χ4n) is 3.43. The van der Waals surface area contributed by atoms with Gasteiger partial charge in [0.2, 0.25) is 5.89 Å². The monoisotopic (exact) mass is 416 g/mol.